The van der Waals surface area contributed by atoms with E-state index in [9.17, 15) is 4.79 Å². The Bertz CT molecular complexity index is 159. The standard InChI is InChI=1S/C10H22NO2/c1-5-7-11(4,6-2)8-9-13-10(3)12/h5-9H2,1-4H3/q+1. The zero-order valence-corrected chi connectivity index (χ0v) is 9.30. The Hall–Kier alpha value is -0.570. The molecule has 0 spiro atoms. The number of rotatable bonds is 6. The Morgan fingerprint density at radius 3 is 2.31 bits per heavy atom. The average molecular weight is 188 g/mol. The highest BCUT2D eigenvalue weighted by Gasteiger charge is 2.17. The molecule has 3 heteroatoms. The summed E-state index contributed by atoms with van der Waals surface area (Å²) in [6.07, 6.45) is 1.17. The van der Waals surface area contributed by atoms with Gasteiger partial charge in [0.2, 0.25) is 0 Å². The smallest absolute Gasteiger partial charge is 0.302 e. The summed E-state index contributed by atoms with van der Waals surface area (Å²) in [6, 6.07) is 0. The van der Waals surface area contributed by atoms with Gasteiger partial charge >= 0.3 is 5.97 Å². The number of carbonyl (C=O) groups excluding carboxylic acids is 1. The van der Waals surface area contributed by atoms with E-state index in [1.807, 2.05) is 0 Å². The molecular weight excluding hydrogens is 166 g/mol. The van der Waals surface area contributed by atoms with Crippen molar-refractivity contribution in [3.63, 3.8) is 0 Å². The van der Waals surface area contributed by atoms with Gasteiger partial charge in [-0.05, 0) is 13.3 Å². The van der Waals surface area contributed by atoms with Crippen molar-refractivity contribution < 1.29 is 14.0 Å². The number of esters is 1. The molecule has 0 aliphatic carbocycles. The Labute approximate surface area is 81.3 Å². The van der Waals surface area contributed by atoms with Crippen LogP contribution in [0.4, 0.5) is 0 Å². The fourth-order valence-electron chi connectivity index (χ4n) is 1.38. The minimum atomic E-state index is -0.181. The molecule has 0 aliphatic heterocycles. The van der Waals surface area contributed by atoms with Crippen molar-refractivity contribution in [1.29, 1.82) is 0 Å². The molecule has 0 aliphatic rings. The van der Waals surface area contributed by atoms with Gasteiger partial charge in [-0.25, -0.2) is 0 Å². The van der Waals surface area contributed by atoms with Gasteiger partial charge in [0.05, 0.1) is 20.1 Å². The highest BCUT2D eigenvalue weighted by atomic mass is 16.5. The minimum Gasteiger partial charge on any atom is -0.460 e. The van der Waals surface area contributed by atoms with Crippen LogP contribution in [0.25, 0.3) is 0 Å². The summed E-state index contributed by atoms with van der Waals surface area (Å²) in [5, 5.41) is 0. The number of carbonyl (C=O) groups is 1. The molecule has 0 amide bonds. The van der Waals surface area contributed by atoms with Crippen molar-refractivity contribution in [2.75, 3.05) is 33.3 Å². The van der Waals surface area contributed by atoms with Crippen LogP contribution in [0.2, 0.25) is 0 Å². The normalized spacial score (nSPS) is 15.1. The molecule has 0 aromatic rings. The van der Waals surface area contributed by atoms with Crippen molar-refractivity contribution >= 4 is 5.97 Å². The first-order valence-corrected chi connectivity index (χ1v) is 5.01. The van der Waals surface area contributed by atoms with Crippen molar-refractivity contribution in [3.05, 3.63) is 0 Å². The second kappa shape index (κ2) is 5.97. The van der Waals surface area contributed by atoms with Crippen molar-refractivity contribution in [2.45, 2.75) is 27.2 Å². The summed E-state index contributed by atoms with van der Waals surface area (Å²) in [7, 11) is 2.20. The number of quaternary nitrogens is 1. The number of hydrogen-bond acceptors (Lipinski definition) is 2. The number of likely N-dealkylation sites (N-methyl/N-ethyl adjacent to an activating group) is 1. The first-order chi connectivity index (χ1) is 6.04. The predicted octanol–water partition coefficient (Wildman–Crippen LogP) is 1.43. The van der Waals surface area contributed by atoms with E-state index in [0.717, 1.165) is 24.1 Å². The third-order valence-electron chi connectivity index (χ3n) is 2.46. The predicted molar refractivity (Wildman–Crippen MR) is 53.4 cm³/mol. The van der Waals surface area contributed by atoms with E-state index in [2.05, 4.69) is 20.9 Å². The lowest BCUT2D eigenvalue weighted by molar-refractivity contribution is -0.908. The summed E-state index contributed by atoms with van der Waals surface area (Å²) in [5.74, 6) is -0.181. The SMILES string of the molecule is CCC[N+](C)(CC)CCOC(C)=O. The fourth-order valence-corrected chi connectivity index (χ4v) is 1.38. The Balaban J connectivity index is 3.76. The lowest BCUT2D eigenvalue weighted by atomic mass is 10.3. The van der Waals surface area contributed by atoms with E-state index >= 15 is 0 Å². The highest BCUT2D eigenvalue weighted by Crippen LogP contribution is 2.02. The van der Waals surface area contributed by atoms with Gasteiger partial charge in [0.1, 0.15) is 13.2 Å². The van der Waals surface area contributed by atoms with Crippen molar-refractivity contribution in [2.24, 2.45) is 0 Å². The van der Waals surface area contributed by atoms with Crippen LogP contribution in [0.5, 0.6) is 0 Å². The molecule has 0 aromatic carbocycles. The largest absolute Gasteiger partial charge is 0.460 e. The van der Waals surface area contributed by atoms with E-state index in [4.69, 9.17) is 4.74 Å². The summed E-state index contributed by atoms with van der Waals surface area (Å²) in [5.41, 5.74) is 0. The lowest BCUT2D eigenvalue weighted by Crippen LogP contribution is -2.46. The lowest BCUT2D eigenvalue weighted by Gasteiger charge is -2.32. The molecule has 3 nitrogen and oxygen atoms in total. The van der Waals surface area contributed by atoms with Crippen LogP contribution < -0.4 is 0 Å². The summed E-state index contributed by atoms with van der Waals surface area (Å²) in [4.78, 5) is 10.5. The van der Waals surface area contributed by atoms with Gasteiger partial charge < -0.3 is 9.22 Å². The molecule has 0 radical (unpaired) electrons. The third-order valence-corrected chi connectivity index (χ3v) is 2.46. The van der Waals surface area contributed by atoms with E-state index in [1.54, 1.807) is 0 Å². The van der Waals surface area contributed by atoms with Gasteiger partial charge in [0, 0.05) is 6.92 Å². The van der Waals surface area contributed by atoms with E-state index in [0.29, 0.717) is 6.61 Å². The van der Waals surface area contributed by atoms with E-state index in [1.165, 1.54) is 13.3 Å². The van der Waals surface area contributed by atoms with Gasteiger partial charge in [-0.2, -0.15) is 0 Å². The molecule has 0 N–H and O–H groups in total. The number of ether oxygens (including phenoxy) is 1. The zero-order chi connectivity index (χ0) is 10.3. The van der Waals surface area contributed by atoms with Gasteiger partial charge in [-0.15, -0.1) is 0 Å². The van der Waals surface area contributed by atoms with E-state index < -0.39 is 0 Å². The molecule has 0 heterocycles. The van der Waals surface area contributed by atoms with Gasteiger partial charge in [0.25, 0.3) is 0 Å². The molecule has 0 fully saturated rings. The van der Waals surface area contributed by atoms with Crippen LogP contribution in [0.1, 0.15) is 27.2 Å². The molecular formula is C10H22NO2+. The molecule has 0 saturated carbocycles. The highest BCUT2D eigenvalue weighted by molar-refractivity contribution is 5.65. The Morgan fingerprint density at radius 1 is 1.31 bits per heavy atom. The molecule has 1 atom stereocenters. The monoisotopic (exact) mass is 188 g/mol. The molecule has 0 bridgehead atoms. The zero-order valence-electron chi connectivity index (χ0n) is 9.30. The maximum Gasteiger partial charge on any atom is 0.302 e. The van der Waals surface area contributed by atoms with Crippen molar-refractivity contribution in [3.8, 4) is 0 Å². The second-order valence-electron chi connectivity index (χ2n) is 3.72. The van der Waals surface area contributed by atoms with Crippen LogP contribution in [0.15, 0.2) is 0 Å². The molecule has 13 heavy (non-hydrogen) atoms. The van der Waals surface area contributed by atoms with Crippen LogP contribution in [0.3, 0.4) is 0 Å². The van der Waals surface area contributed by atoms with Gasteiger partial charge in [0.15, 0.2) is 0 Å². The second-order valence-corrected chi connectivity index (χ2v) is 3.72. The molecule has 1 unspecified atom stereocenters. The maximum atomic E-state index is 10.5. The van der Waals surface area contributed by atoms with Gasteiger partial charge in [-0.3, -0.25) is 4.79 Å². The molecule has 0 rings (SSSR count). The molecule has 78 valence electrons. The first-order valence-electron chi connectivity index (χ1n) is 5.01. The Morgan fingerprint density at radius 2 is 1.92 bits per heavy atom. The molecule has 0 aromatic heterocycles. The average Bonchev–Trinajstić information content (AvgIpc) is 2.04. The molecule has 0 saturated heterocycles. The van der Waals surface area contributed by atoms with Crippen molar-refractivity contribution in [1.82, 2.24) is 0 Å². The summed E-state index contributed by atoms with van der Waals surface area (Å²) in [6.45, 7) is 9.51. The summed E-state index contributed by atoms with van der Waals surface area (Å²) < 4.78 is 5.92. The topological polar surface area (TPSA) is 26.3 Å². The minimum absolute atomic E-state index is 0.181. The van der Waals surface area contributed by atoms with Crippen LogP contribution in [-0.2, 0) is 9.53 Å². The van der Waals surface area contributed by atoms with Crippen LogP contribution >= 0.6 is 0 Å². The van der Waals surface area contributed by atoms with Gasteiger partial charge in [-0.1, -0.05) is 6.92 Å². The van der Waals surface area contributed by atoms with E-state index in [-0.39, 0.29) is 5.97 Å². The maximum absolute atomic E-state index is 10.5. The number of hydrogen-bond donors (Lipinski definition) is 0. The quantitative estimate of drug-likeness (QED) is 0.465. The van der Waals surface area contributed by atoms with Crippen LogP contribution in [0, 0.1) is 0 Å². The Kier molecular flexibility index (Phi) is 5.71. The first kappa shape index (κ1) is 12.4. The number of nitrogens with zero attached hydrogens (tertiary/aromatic N) is 1. The fraction of sp³-hybridized carbons (Fsp3) is 0.900. The van der Waals surface area contributed by atoms with Crippen LogP contribution in [-0.4, -0.2) is 43.7 Å². The third kappa shape index (κ3) is 5.64. The summed E-state index contributed by atoms with van der Waals surface area (Å²) >= 11 is 0.